The van der Waals surface area contributed by atoms with Crippen LogP contribution in [0.4, 0.5) is 14.5 Å². The number of benzene rings is 1. The summed E-state index contributed by atoms with van der Waals surface area (Å²) in [4.78, 5) is 4.14. The summed E-state index contributed by atoms with van der Waals surface area (Å²) in [5.41, 5.74) is 1.66. The minimum absolute atomic E-state index is 0.199. The van der Waals surface area contributed by atoms with Crippen molar-refractivity contribution in [2.75, 3.05) is 11.9 Å². The van der Waals surface area contributed by atoms with Crippen LogP contribution in [0.3, 0.4) is 0 Å². The number of ether oxygens (including phenoxy) is 1. The maximum atomic E-state index is 13.0. The van der Waals surface area contributed by atoms with Gasteiger partial charge in [-0.2, -0.15) is 0 Å². The largest absolute Gasteiger partial charge is 0.487 e. The summed E-state index contributed by atoms with van der Waals surface area (Å²) in [7, 11) is 0. The highest BCUT2D eigenvalue weighted by Gasteiger charge is 2.04. The molecule has 100 valence electrons. The molecule has 2 aromatic rings. The smallest absolute Gasteiger partial charge is 0.162 e. The highest BCUT2D eigenvalue weighted by molar-refractivity contribution is 5.42. The lowest BCUT2D eigenvalue weighted by molar-refractivity contribution is 0.298. The number of halogens is 2. The van der Waals surface area contributed by atoms with Crippen molar-refractivity contribution in [3.8, 4) is 5.75 Å². The van der Waals surface area contributed by atoms with Crippen molar-refractivity contribution in [3.63, 3.8) is 0 Å². The lowest BCUT2D eigenvalue weighted by atomic mass is 10.3. The van der Waals surface area contributed by atoms with Gasteiger partial charge in [0, 0.05) is 24.5 Å². The van der Waals surface area contributed by atoms with Gasteiger partial charge in [-0.05, 0) is 31.2 Å². The van der Waals surface area contributed by atoms with Gasteiger partial charge >= 0.3 is 0 Å². The van der Waals surface area contributed by atoms with Gasteiger partial charge in [-0.1, -0.05) is 0 Å². The first-order valence-electron chi connectivity index (χ1n) is 5.95. The Kier molecular flexibility index (Phi) is 4.28. The first-order chi connectivity index (χ1) is 9.19. The van der Waals surface area contributed by atoms with Crippen molar-refractivity contribution < 1.29 is 13.5 Å². The summed E-state index contributed by atoms with van der Waals surface area (Å²) in [6.07, 6.45) is 1.67. The minimum Gasteiger partial charge on any atom is -0.487 e. The third-order valence-corrected chi connectivity index (χ3v) is 2.48. The number of nitrogens with one attached hydrogen (secondary N) is 1. The van der Waals surface area contributed by atoms with Crippen molar-refractivity contribution in [3.05, 3.63) is 53.9 Å². The molecule has 0 spiro atoms. The Hall–Kier alpha value is -2.17. The van der Waals surface area contributed by atoms with Crippen molar-refractivity contribution >= 4 is 5.69 Å². The summed E-state index contributed by atoms with van der Waals surface area (Å²) in [6, 6.07) is 7.14. The highest BCUT2D eigenvalue weighted by Crippen LogP contribution is 2.17. The highest BCUT2D eigenvalue weighted by atomic mass is 19.2. The van der Waals surface area contributed by atoms with Crippen LogP contribution in [0.5, 0.6) is 5.75 Å². The van der Waals surface area contributed by atoms with Crippen LogP contribution in [0.1, 0.15) is 12.6 Å². The Labute approximate surface area is 110 Å². The van der Waals surface area contributed by atoms with Gasteiger partial charge in [-0.15, -0.1) is 0 Å². The van der Waals surface area contributed by atoms with Gasteiger partial charge in [0.15, 0.2) is 11.6 Å². The molecule has 2 rings (SSSR count). The van der Waals surface area contributed by atoms with E-state index in [0.29, 0.717) is 5.69 Å². The third kappa shape index (κ3) is 3.64. The number of nitrogens with zero attached hydrogens (tertiary/aromatic N) is 1. The van der Waals surface area contributed by atoms with E-state index in [1.165, 1.54) is 6.07 Å². The van der Waals surface area contributed by atoms with Crippen molar-refractivity contribution in [2.45, 2.75) is 13.5 Å². The molecule has 1 heterocycles. The summed E-state index contributed by atoms with van der Waals surface area (Å²) in [5, 5.41) is 3.16. The minimum atomic E-state index is -0.924. The van der Waals surface area contributed by atoms with E-state index in [1.54, 1.807) is 6.20 Å². The molecule has 0 unspecified atom stereocenters. The Bertz CT molecular complexity index is 561. The molecule has 5 heteroatoms. The molecule has 0 aliphatic carbocycles. The predicted molar refractivity (Wildman–Crippen MR) is 69.1 cm³/mol. The maximum Gasteiger partial charge on any atom is 0.162 e. The molecule has 0 saturated heterocycles. The fraction of sp³-hybridized carbons (Fsp3) is 0.214. The van der Waals surface area contributed by atoms with Crippen LogP contribution in [-0.2, 0) is 6.61 Å². The normalized spacial score (nSPS) is 10.3. The van der Waals surface area contributed by atoms with E-state index in [2.05, 4.69) is 10.3 Å². The van der Waals surface area contributed by atoms with Crippen LogP contribution < -0.4 is 10.1 Å². The molecule has 0 aliphatic rings. The molecule has 1 aromatic carbocycles. The van der Waals surface area contributed by atoms with E-state index in [-0.39, 0.29) is 12.4 Å². The van der Waals surface area contributed by atoms with E-state index in [0.717, 1.165) is 24.4 Å². The van der Waals surface area contributed by atoms with Crippen molar-refractivity contribution in [1.82, 2.24) is 4.98 Å². The first kappa shape index (κ1) is 13.3. The van der Waals surface area contributed by atoms with E-state index in [9.17, 15) is 8.78 Å². The molecule has 0 amide bonds. The molecule has 0 bridgehead atoms. The van der Waals surface area contributed by atoms with Crippen LogP contribution >= 0.6 is 0 Å². The molecule has 1 aromatic heterocycles. The lowest BCUT2D eigenvalue weighted by Crippen LogP contribution is -2.02. The van der Waals surface area contributed by atoms with Crippen LogP contribution in [0, 0.1) is 11.6 Å². The molecular weight excluding hydrogens is 250 g/mol. The fourth-order valence-corrected chi connectivity index (χ4v) is 1.60. The summed E-state index contributed by atoms with van der Waals surface area (Å²) >= 11 is 0. The average Bonchev–Trinajstić information content (AvgIpc) is 2.41. The Morgan fingerprint density at radius 3 is 2.74 bits per heavy atom. The molecule has 1 N–H and O–H groups in total. The number of aromatic nitrogens is 1. The van der Waals surface area contributed by atoms with E-state index in [4.69, 9.17) is 4.74 Å². The second-order valence-corrected chi connectivity index (χ2v) is 3.93. The van der Waals surface area contributed by atoms with Gasteiger partial charge in [0.2, 0.25) is 0 Å². The van der Waals surface area contributed by atoms with E-state index >= 15 is 0 Å². The quantitative estimate of drug-likeness (QED) is 0.899. The van der Waals surface area contributed by atoms with Crippen LogP contribution in [0.2, 0.25) is 0 Å². The predicted octanol–water partition coefficient (Wildman–Crippen LogP) is 3.37. The van der Waals surface area contributed by atoms with Gasteiger partial charge in [0.1, 0.15) is 12.4 Å². The van der Waals surface area contributed by atoms with Gasteiger partial charge in [0.25, 0.3) is 0 Å². The Morgan fingerprint density at radius 2 is 2.00 bits per heavy atom. The zero-order chi connectivity index (χ0) is 13.7. The van der Waals surface area contributed by atoms with Crippen LogP contribution in [0.15, 0.2) is 36.5 Å². The molecule has 3 nitrogen and oxygen atoms in total. The Balaban J connectivity index is 2.01. The number of rotatable bonds is 5. The Morgan fingerprint density at radius 1 is 1.16 bits per heavy atom. The molecule has 0 saturated carbocycles. The van der Waals surface area contributed by atoms with Crippen molar-refractivity contribution in [1.29, 1.82) is 0 Å². The fourth-order valence-electron chi connectivity index (χ4n) is 1.60. The molecule has 0 radical (unpaired) electrons. The monoisotopic (exact) mass is 264 g/mol. The molecule has 0 atom stereocenters. The zero-order valence-corrected chi connectivity index (χ0v) is 10.5. The van der Waals surface area contributed by atoms with Gasteiger partial charge in [-0.25, -0.2) is 8.78 Å². The summed E-state index contributed by atoms with van der Waals surface area (Å²) < 4.78 is 31.1. The second-order valence-electron chi connectivity index (χ2n) is 3.93. The van der Waals surface area contributed by atoms with E-state index in [1.807, 2.05) is 19.1 Å². The standard InChI is InChI=1S/C14H14F2N2O/c1-2-17-10-5-6-18-11(7-10)9-19-12-3-4-13(15)14(16)8-12/h3-8H,2,9H2,1H3,(H,17,18). The SMILES string of the molecule is CCNc1ccnc(COc2ccc(F)c(F)c2)c1. The summed E-state index contributed by atoms with van der Waals surface area (Å²) in [6.45, 7) is 3.01. The third-order valence-electron chi connectivity index (χ3n) is 2.48. The van der Waals surface area contributed by atoms with Gasteiger partial charge < -0.3 is 10.1 Å². The first-order valence-corrected chi connectivity index (χ1v) is 5.95. The van der Waals surface area contributed by atoms with E-state index < -0.39 is 11.6 Å². The van der Waals surface area contributed by atoms with Crippen LogP contribution in [0.25, 0.3) is 0 Å². The number of anilines is 1. The maximum absolute atomic E-state index is 13.0. The van der Waals surface area contributed by atoms with Crippen molar-refractivity contribution in [2.24, 2.45) is 0 Å². The molecule has 0 aliphatic heterocycles. The molecule has 0 fully saturated rings. The van der Waals surface area contributed by atoms with Gasteiger partial charge in [-0.3, -0.25) is 4.98 Å². The summed E-state index contributed by atoms with van der Waals surface area (Å²) in [5.74, 6) is -1.54. The zero-order valence-electron chi connectivity index (χ0n) is 10.5. The number of hydrogen-bond acceptors (Lipinski definition) is 3. The average molecular weight is 264 g/mol. The van der Waals surface area contributed by atoms with Gasteiger partial charge in [0.05, 0.1) is 5.69 Å². The lowest BCUT2D eigenvalue weighted by Gasteiger charge is -2.08. The molecular formula is C14H14F2N2O. The number of pyridine rings is 1. The topological polar surface area (TPSA) is 34.2 Å². The molecule has 19 heavy (non-hydrogen) atoms. The van der Waals surface area contributed by atoms with Crippen LogP contribution in [-0.4, -0.2) is 11.5 Å². The number of hydrogen-bond donors (Lipinski definition) is 1. The second kappa shape index (κ2) is 6.13.